The maximum Gasteiger partial charge on any atom is 0.0770 e. The van der Waals surface area contributed by atoms with Gasteiger partial charge in [0, 0.05) is 21.3 Å². The fourth-order valence-corrected chi connectivity index (χ4v) is 4.33. The predicted molar refractivity (Wildman–Crippen MR) is 94.1 cm³/mol. The average Bonchev–Trinajstić information content (AvgIpc) is 3.25. The Labute approximate surface area is 138 Å². The molecule has 3 aliphatic carbocycles. The molecular formula is C19H40O3. The zero-order chi connectivity index (χ0) is 17.0. The number of rotatable bonds is 3. The Morgan fingerprint density at radius 3 is 1.73 bits per heavy atom. The summed E-state index contributed by atoms with van der Waals surface area (Å²) in [6, 6.07) is 0. The lowest BCUT2D eigenvalue weighted by atomic mass is 9.82. The van der Waals surface area contributed by atoms with E-state index in [-0.39, 0.29) is 6.10 Å². The summed E-state index contributed by atoms with van der Waals surface area (Å²) in [5.41, 5.74) is 0. The SMILES string of the molecule is C1CC2C3CCC(C3)C2C1.CC.CCC(O)COC.COC. The molecule has 0 aromatic rings. The van der Waals surface area contributed by atoms with E-state index >= 15 is 0 Å². The van der Waals surface area contributed by atoms with Gasteiger partial charge < -0.3 is 14.6 Å². The molecule has 3 rings (SSSR count). The molecule has 0 aliphatic heterocycles. The topological polar surface area (TPSA) is 38.7 Å². The Balaban J connectivity index is 0.000000327. The minimum Gasteiger partial charge on any atom is -0.391 e. The van der Waals surface area contributed by atoms with E-state index in [0.717, 1.165) is 6.42 Å². The number of methoxy groups -OCH3 is 2. The largest absolute Gasteiger partial charge is 0.391 e. The van der Waals surface area contributed by atoms with Gasteiger partial charge in [0.2, 0.25) is 0 Å². The second-order valence-corrected chi connectivity index (χ2v) is 6.52. The van der Waals surface area contributed by atoms with Crippen LogP contribution in [0.1, 0.15) is 65.7 Å². The molecule has 2 bridgehead atoms. The van der Waals surface area contributed by atoms with Gasteiger partial charge in [-0.3, -0.25) is 0 Å². The smallest absolute Gasteiger partial charge is 0.0770 e. The van der Waals surface area contributed by atoms with Crippen LogP contribution in [0, 0.1) is 23.7 Å². The third kappa shape index (κ3) is 6.97. The predicted octanol–water partition coefficient (Wildman–Crippen LogP) is 4.53. The lowest BCUT2D eigenvalue weighted by molar-refractivity contribution is 0.0625. The third-order valence-corrected chi connectivity index (χ3v) is 5.18. The Hall–Kier alpha value is -0.120. The van der Waals surface area contributed by atoms with Crippen molar-refractivity contribution in [3.63, 3.8) is 0 Å². The lowest BCUT2D eigenvalue weighted by Gasteiger charge is -2.23. The minimum absolute atomic E-state index is 0.273. The molecule has 22 heavy (non-hydrogen) atoms. The van der Waals surface area contributed by atoms with Gasteiger partial charge >= 0.3 is 0 Å². The van der Waals surface area contributed by atoms with Gasteiger partial charge in [-0.15, -0.1) is 0 Å². The first kappa shape index (κ1) is 21.9. The highest BCUT2D eigenvalue weighted by Crippen LogP contribution is 2.58. The second-order valence-electron chi connectivity index (χ2n) is 6.52. The van der Waals surface area contributed by atoms with Crippen LogP contribution in [0.5, 0.6) is 0 Å². The molecule has 1 N–H and O–H groups in total. The number of ether oxygens (including phenoxy) is 2. The van der Waals surface area contributed by atoms with Crippen molar-refractivity contribution in [3.8, 4) is 0 Å². The standard InChI is InChI=1S/C10H16.C5H12O2.C2H6O.C2H6/c1-2-9-7-4-5-8(6-7)10(9)3-1;1-3-5(6)4-7-2;1-3-2;1-2/h7-10H,1-6H2;5-6H,3-4H2,1-2H3;1-2H3;1-2H3. The molecule has 134 valence electrons. The van der Waals surface area contributed by atoms with Gasteiger partial charge in [0.1, 0.15) is 0 Å². The average molecular weight is 317 g/mol. The van der Waals surface area contributed by atoms with Gasteiger partial charge in [0.05, 0.1) is 12.7 Å². The Bertz CT molecular complexity index is 229. The number of aliphatic hydroxyl groups excluding tert-OH is 1. The zero-order valence-corrected chi connectivity index (χ0v) is 15.8. The van der Waals surface area contributed by atoms with Gasteiger partial charge in [-0.05, 0) is 62.2 Å². The Morgan fingerprint density at radius 1 is 0.955 bits per heavy atom. The molecule has 0 heterocycles. The summed E-state index contributed by atoms with van der Waals surface area (Å²) in [5, 5.41) is 8.73. The molecular weight excluding hydrogens is 276 g/mol. The van der Waals surface area contributed by atoms with E-state index in [1.54, 1.807) is 59.9 Å². The fourth-order valence-electron chi connectivity index (χ4n) is 4.33. The highest BCUT2D eigenvalue weighted by Gasteiger charge is 2.48. The highest BCUT2D eigenvalue weighted by atomic mass is 16.5. The van der Waals surface area contributed by atoms with Crippen molar-refractivity contribution in [1.82, 2.24) is 0 Å². The van der Waals surface area contributed by atoms with Gasteiger partial charge in [0.15, 0.2) is 0 Å². The van der Waals surface area contributed by atoms with Crippen molar-refractivity contribution in [1.29, 1.82) is 0 Å². The van der Waals surface area contributed by atoms with Crippen molar-refractivity contribution >= 4 is 0 Å². The molecule has 0 amide bonds. The van der Waals surface area contributed by atoms with Crippen molar-refractivity contribution in [2.75, 3.05) is 27.9 Å². The highest BCUT2D eigenvalue weighted by molar-refractivity contribution is 4.98. The Morgan fingerprint density at radius 2 is 1.41 bits per heavy atom. The first-order chi connectivity index (χ1) is 10.7. The first-order valence-corrected chi connectivity index (χ1v) is 9.24. The molecule has 3 heteroatoms. The van der Waals surface area contributed by atoms with E-state index in [2.05, 4.69) is 9.47 Å². The van der Waals surface area contributed by atoms with E-state index in [9.17, 15) is 0 Å². The molecule has 0 aromatic heterocycles. The third-order valence-electron chi connectivity index (χ3n) is 5.18. The van der Waals surface area contributed by atoms with Gasteiger partial charge in [-0.1, -0.05) is 27.2 Å². The van der Waals surface area contributed by atoms with Crippen LogP contribution >= 0.6 is 0 Å². The fraction of sp³-hybridized carbons (Fsp3) is 1.00. The van der Waals surface area contributed by atoms with Crippen molar-refractivity contribution in [2.45, 2.75) is 71.8 Å². The summed E-state index contributed by atoms with van der Waals surface area (Å²) < 4.78 is 8.89. The minimum atomic E-state index is -0.273. The second kappa shape index (κ2) is 13.3. The number of fused-ring (bicyclic) bond motifs is 5. The number of hydrogen-bond donors (Lipinski definition) is 1. The molecule has 0 radical (unpaired) electrons. The Kier molecular flexibility index (Phi) is 13.3. The maximum absolute atomic E-state index is 8.73. The van der Waals surface area contributed by atoms with Crippen LogP contribution < -0.4 is 0 Å². The molecule has 0 spiro atoms. The van der Waals surface area contributed by atoms with Crippen molar-refractivity contribution < 1.29 is 14.6 Å². The van der Waals surface area contributed by atoms with Crippen LogP contribution in [-0.2, 0) is 9.47 Å². The normalized spacial score (nSPS) is 31.8. The van der Waals surface area contributed by atoms with Crippen LogP contribution in [0.15, 0.2) is 0 Å². The molecule has 3 fully saturated rings. The molecule has 3 aliphatic rings. The number of hydrogen-bond acceptors (Lipinski definition) is 3. The molecule has 3 saturated carbocycles. The van der Waals surface area contributed by atoms with Crippen LogP contribution in [0.3, 0.4) is 0 Å². The molecule has 5 unspecified atom stereocenters. The van der Waals surface area contributed by atoms with Gasteiger partial charge in [0.25, 0.3) is 0 Å². The van der Waals surface area contributed by atoms with E-state index < -0.39 is 0 Å². The van der Waals surface area contributed by atoms with Crippen molar-refractivity contribution in [3.05, 3.63) is 0 Å². The summed E-state index contributed by atoms with van der Waals surface area (Å²) >= 11 is 0. The molecule has 3 nitrogen and oxygen atoms in total. The van der Waals surface area contributed by atoms with Crippen LogP contribution in [-0.4, -0.2) is 39.1 Å². The molecule has 0 saturated heterocycles. The summed E-state index contributed by atoms with van der Waals surface area (Å²) in [4.78, 5) is 0. The van der Waals surface area contributed by atoms with Crippen molar-refractivity contribution in [2.24, 2.45) is 23.7 Å². The van der Waals surface area contributed by atoms with Gasteiger partial charge in [-0.25, -0.2) is 0 Å². The summed E-state index contributed by atoms with van der Waals surface area (Å²) in [6.07, 6.45) is 10.0. The quantitative estimate of drug-likeness (QED) is 0.831. The number of aliphatic hydroxyl groups is 1. The summed E-state index contributed by atoms with van der Waals surface area (Å²) in [5.74, 6) is 4.80. The van der Waals surface area contributed by atoms with Crippen LogP contribution in [0.25, 0.3) is 0 Å². The van der Waals surface area contributed by atoms with E-state index in [1.807, 2.05) is 20.8 Å². The summed E-state index contributed by atoms with van der Waals surface area (Å²) in [6.45, 7) is 6.38. The zero-order valence-electron chi connectivity index (χ0n) is 15.8. The van der Waals surface area contributed by atoms with E-state index in [4.69, 9.17) is 5.11 Å². The first-order valence-electron chi connectivity index (χ1n) is 9.24. The summed E-state index contributed by atoms with van der Waals surface area (Å²) in [7, 11) is 4.83. The van der Waals surface area contributed by atoms with Crippen LogP contribution in [0.4, 0.5) is 0 Å². The molecule has 5 atom stereocenters. The lowest BCUT2D eigenvalue weighted by Crippen LogP contribution is -2.15. The molecule has 0 aromatic carbocycles. The maximum atomic E-state index is 8.73. The van der Waals surface area contributed by atoms with E-state index in [1.165, 1.54) is 23.7 Å². The van der Waals surface area contributed by atoms with Gasteiger partial charge in [-0.2, -0.15) is 0 Å². The monoisotopic (exact) mass is 316 g/mol. The van der Waals surface area contributed by atoms with E-state index in [0.29, 0.717) is 6.61 Å². The van der Waals surface area contributed by atoms with Crippen LogP contribution in [0.2, 0.25) is 0 Å².